The van der Waals surface area contributed by atoms with Crippen molar-refractivity contribution >= 4 is 0 Å². The standard InChI is InChI=1S/C9H11N5O/c1-5-13-9(15-14-5)7-2-6-8(3-10-7)12-4-11-6/h4,7,10H,2-3H2,1H3,(H,11,12). The number of aryl methyl sites for hydroxylation is 1. The van der Waals surface area contributed by atoms with Gasteiger partial charge < -0.3 is 9.51 Å². The predicted molar refractivity (Wildman–Crippen MR) is 50.9 cm³/mol. The summed E-state index contributed by atoms with van der Waals surface area (Å²) in [5.74, 6) is 1.31. The number of imidazole rings is 1. The van der Waals surface area contributed by atoms with Gasteiger partial charge in [-0.05, 0) is 6.92 Å². The fraction of sp³-hybridized carbons (Fsp3) is 0.444. The SMILES string of the molecule is Cc1noc(C2Cc3nc[nH]c3CN2)n1. The number of aromatic nitrogens is 4. The Morgan fingerprint density at radius 1 is 1.53 bits per heavy atom. The quantitative estimate of drug-likeness (QED) is 0.708. The number of rotatable bonds is 1. The number of nitrogens with one attached hydrogen (secondary N) is 2. The van der Waals surface area contributed by atoms with Gasteiger partial charge in [-0.3, -0.25) is 5.32 Å². The molecule has 0 aliphatic carbocycles. The van der Waals surface area contributed by atoms with Crippen LogP contribution in [0.2, 0.25) is 0 Å². The number of aromatic amines is 1. The molecule has 3 heterocycles. The van der Waals surface area contributed by atoms with Gasteiger partial charge in [0.1, 0.15) is 0 Å². The van der Waals surface area contributed by atoms with E-state index in [9.17, 15) is 0 Å². The van der Waals surface area contributed by atoms with Gasteiger partial charge >= 0.3 is 0 Å². The minimum absolute atomic E-state index is 0.0852. The first-order valence-corrected chi connectivity index (χ1v) is 4.87. The molecule has 0 saturated carbocycles. The molecular formula is C9H11N5O. The van der Waals surface area contributed by atoms with Crippen molar-refractivity contribution < 1.29 is 4.52 Å². The lowest BCUT2D eigenvalue weighted by Gasteiger charge is -2.19. The minimum atomic E-state index is 0.0852. The van der Waals surface area contributed by atoms with E-state index in [4.69, 9.17) is 4.52 Å². The molecule has 6 nitrogen and oxygen atoms in total. The molecule has 2 N–H and O–H groups in total. The Labute approximate surface area is 86.1 Å². The molecule has 2 aromatic rings. The maximum absolute atomic E-state index is 5.13. The molecule has 1 unspecified atom stereocenters. The Bertz CT molecular complexity index is 474. The molecule has 78 valence electrons. The Morgan fingerprint density at radius 3 is 3.27 bits per heavy atom. The molecule has 2 aromatic heterocycles. The second-order valence-corrected chi connectivity index (χ2v) is 3.65. The highest BCUT2D eigenvalue weighted by Gasteiger charge is 2.25. The second kappa shape index (κ2) is 3.16. The molecule has 0 radical (unpaired) electrons. The summed E-state index contributed by atoms with van der Waals surface area (Å²) in [6, 6.07) is 0.0852. The topological polar surface area (TPSA) is 79.6 Å². The van der Waals surface area contributed by atoms with Crippen LogP contribution in [0.5, 0.6) is 0 Å². The molecular weight excluding hydrogens is 194 g/mol. The summed E-state index contributed by atoms with van der Waals surface area (Å²) < 4.78 is 5.13. The van der Waals surface area contributed by atoms with Crippen molar-refractivity contribution in [2.24, 2.45) is 0 Å². The van der Waals surface area contributed by atoms with E-state index in [0.29, 0.717) is 11.7 Å². The largest absolute Gasteiger partial charge is 0.347 e. The van der Waals surface area contributed by atoms with E-state index in [1.54, 1.807) is 6.33 Å². The lowest BCUT2D eigenvalue weighted by Crippen LogP contribution is -2.28. The normalized spacial score (nSPS) is 20.2. The number of hydrogen-bond acceptors (Lipinski definition) is 5. The molecule has 6 heteroatoms. The van der Waals surface area contributed by atoms with Gasteiger partial charge in [-0.2, -0.15) is 4.98 Å². The Hall–Kier alpha value is -1.69. The highest BCUT2D eigenvalue weighted by atomic mass is 16.5. The van der Waals surface area contributed by atoms with Crippen molar-refractivity contribution in [1.29, 1.82) is 0 Å². The van der Waals surface area contributed by atoms with Gasteiger partial charge in [-0.25, -0.2) is 4.98 Å². The van der Waals surface area contributed by atoms with Crippen LogP contribution in [0.1, 0.15) is 29.1 Å². The van der Waals surface area contributed by atoms with Gasteiger partial charge in [-0.15, -0.1) is 0 Å². The van der Waals surface area contributed by atoms with Crippen molar-refractivity contribution in [1.82, 2.24) is 25.4 Å². The third-order valence-electron chi connectivity index (χ3n) is 2.57. The van der Waals surface area contributed by atoms with Gasteiger partial charge in [0.15, 0.2) is 5.82 Å². The zero-order valence-corrected chi connectivity index (χ0v) is 8.32. The minimum Gasteiger partial charge on any atom is -0.347 e. The summed E-state index contributed by atoms with van der Waals surface area (Å²) >= 11 is 0. The highest BCUT2D eigenvalue weighted by molar-refractivity contribution is 5.17. The van der Waals surface area contributed by atoms with E-state index >= 15 is 0 Å². The third kappa shape index (κ3) is 1.42. The molecule has 1 aliphatic heterocycles. The van der Waals surface area contributed by atoms with E-state index in [1.807, 2.05) is 6.92 Å². The smallest absolute Gasteiger partial charge is 0.244 e. The third-order valence-corrected chi connectivity index (χ3v) is 2.57. The van der Waals surface area contributed by atoms with E-state index in [-0.39, 0.29) is 6.04 Å². The van der Waals surface area contributed by atoms with Crippen LogP contribution < -0.4 is 5.32 Å². The molecule has 1 atom stereocenters. The van der Waals surface area contributed by atoms with Gasteiger partial charge in [0.05, 0.1) is 23.8 Å². The van der Waals surface area contributed by atoms with Crippen LogP contribution in [0.15, 0.2) is 10.9 Å². The van der Waals surface area contributed by atoms with Crippen molar-refractivity contribution in [2.75, 3.05) is 0 Å². The van der Waals surface area contributed by atoms with Crippen molar-refractivity contribution in [3.8, 4) is 0 Å². The summed E-state index contributed by atoms with van der Waals surface area (Å²) in [5.41, 5.74) is 2.22. The van der Waals surface area contributed by atoms with Crippen LogP contribution >= 0.6 is 0 Å². The molecule has 0 saturated heterocycles. The molecule has 0 spiro atoms. The van der Waals surface area contributed by atoms with Crippen molar-refractivity contribution in [3.05, 3.63) is 29.4 Å². The molecule has 1 aliphatic rings. The highest BCUT2D eigenvalue weighted by Crippen LogP contribution is 2.22. The number of nitrogens with zero attached hydrogens (tertiary/aromatic N) is 3. The summed E-state index contributed by atoms with van der Waals surface area (Å²) in [5, 5.41) is 7.10. The van der Waals surface area contributed by atoms with Gasteiger partial charge in [-0.1, -0.05) is 5.16 Å². The van der Waals surface area contributed by atoms with Crippen LogP contribution in [0.25, 0.3) is 0 Å². The molecule has 15 heavy (non-hydrogen) atoms. The molecule has 3 rings (SSSR count). The van der Waals surface area contributed by atoms with E-state index in [1.165, 1.54) is 0 Å². The predicted octanol–water partition coefficient (Wildman–Crippen LogP) is 0.488. The van der Waals surface area contributed by atoms with Crippen LogP contribution in [0.3, 0.4) is 0 Å². The number of hydrogen-bond donors (Lipinski definition) is 2. The zero-order chi connectivity index (χ0) is 10.3. The Morgan fingerprint density at radius 2 is 2.47 bits per heavy atom. The first-order chi connectivity index (χ1) is 7.33. The summed E-state index contributed by atoms with van der Waals surface area (Å²) in [7, 11) is 0. The summed E-state index contributed by atoms with van der Waals surface area (Å²) in [6.45, 7) is 2.58. The first kappa shape index (κ1) is 8.60. The monoisotopic (exact) mass is 205 g/mol. The fourth-order valence-corrected chi connectivity index (χ4v) is 1.80. The maximum Gasteiger partial charge on any atom is 0.244 e. The number of H-pyrrole nitrogens is 1. The molecule has 0 amide bonds. The Kier molecular flexibility index (Phi) is 1.81. The van der Waals surface area contributed by atoms with E-state index in [0.717, 1.165) is 24.4 Å². The maximum atomic E-state index is 5.13. The molecule has 0 fully saturated rings. The van der Waals surface area contributed by atoms with Crippen LogP contribution in [0, 0.1) is 6.92 Å². The van der Waals surface area contributed by atoms with E-state index < -0.39 is 0 Å². The van der Waals surface area contributed by atoms with Crippen LogP contribution in [-0.4, -0.2) is 20.1 Å². The summed E-state index contributed by atoms with van der Waals surface area (Å²) in [4.78, 5) is 11.6. The van der Waals surface area contributed by atoms with Crippen LogP contribution in [-0.2, 0) is 13.0 Å². The molecule has 0 aromatic carbocycles. The second-order valence-electron chi connectivity index (χ2n) is 3.65. The van der Waals surface area contributed by atoms with Gasteiger partial charge in [0, 0.05) is 13.0 Å². The lowest BCUT2D eigenvalue weighted by atomic mass is 10.1. The average Bonchev–Trinajstić information content (AvgIpc) is 2.84. The average molecular weight is 205 g/mol. The van der Waals surface area contributed by atoms with Crippen molar-refractivity contribution in [2.45, 2.75) is 25.9 Å². The number of fused-ring (bicyclic) bond motifs is 1. The summed E-state index contributed by atoms with van der Waals surface area (Å²) in [6.07, 6.45) is 2.51. The van der Waals surface area contributed by atoms with E-state index in [2.05, 4.69) is 25.4 Å². The Balaban J connectivity index is 1.87. The first-order valence-electron chi connectivity index (χ1n) is 4.87. The fourth-order valence-electron chi connectivity index (χ4n) is 1.80. The van der Waals surface area contributed by atoms with Gasteiger partial charge in [0.2, 0.25) is 5.89 Å². The molecule has 0 bridgehead atoms. The lowest BCUT2D eigenvalue weighted by molar-refractivity contribution is 0.317. The van der Waals surface area contributed by atoms with Crippen molar-refractivity contribution in [3.63, 3.8) is 0 Å². The van der Waals surface area contributed by atoms with Gasteiger partial charge in [0.25, 0.3) is 0 Å². The zero-order valence-electron chi connectivity index (χ0n) is 8.32. The van der Waals surface area contributed by atoms with Crippen LogP contribution in [0.4, 0.5) is 0 Å².